The van der Waals surface area contributed by atoms with Crippen molar-refractivity contribution in [3.05, 3.63) is 105 Å². The number of aromatic nitrogens is 3. The van der Waals surface area contributed by atoms with Crippen LogP contribution in [0.5, 0.6) is 5.88 Å². The van der Waals surface area contributed by atoms with E-state index in [0.717, 1.165) is 14.7 Å². The molecule has 0 atom stereocenters. The van der Waals surface area contributed by atoms with E-state index in [0.29, 0.717) is 27.8 Å². The van der Waals surface area contributed by atoms with Crippen molar-refractivity contribution in [1.82, 2.24) is 14.1 Å². The van der Waals surface area contributed by atoms with Gasteiger partial charge < -0.3 is 24.1 Å². The molecule has 12 heteroatoms. The summed E-state index contributed by atoms with van der Waals surface area (Å²) in [6.07, 6.45) is 4.19. The number of methoxy groups -OCH3 is 1. The summed E-state index contributed by atoms with van der Waals surface area (Å²) in [5, 5.41) is 26.6. The molecule has 4 aromatic rings. The number of hydrogen-bond donors (Lipinski definition) is 2. The van der Waals surface area contributed by atoms with Gasteiger partial charge in [-0.05, 0) is 42.3 Å². The third-order valence-electron chi connectivity index (χ3n) is 5.52. The average Bonchev–Trinajstić information content (AvgIpc) is 2.96. The lowest BCUT2D eigenvalue weighted by Gasteiger charge is -2.08. The summed E-state index contributed by atoms with van der Waals surface area (Å²) in [4.78, 5) is 48.3. The van der Waals surface area contributed by atoms with Crippen LogP contribution in [0.2, 0.25) is 0 Å². The number of rotatable bonds is 7. The zero-order chi connectivity index (χ0) is 31.4. The highest BCUT2D eigenvalue weighted by molar-refractivity contribution is 5.71. The van der Waals surface area contributed by atoms with Gasteiger partial charge in [-0.2, -0.15) is 5.26 Å². The van der Waals surface area contributed by atoms with E-state index < -0.39 is 36.4 Å². The molecule has 0 unspecified atom stereocenters. The summed E-state index contributed by atoms with van der Waals surface area (Å²) < 4.78 is 20.4. The van der Waals surface area contributed by atoms with Gasteiger partial charge in [0.05, 0.1) is 18.7 Å². The molecule has 0 fully saturated rings. The molecule has 4 rings (SSSR count). The Morgan fingerprint density at radius 3 is 1.95 bits per heavy atom. The Hall–Kier alpha value is -5.57. The van der Waals surface area contributed by atoms with Gasteiger partial charge in [0.15, 0.2) is 5.82 Å². The number of pyridine rings is 3. The molecule has 11 nitrogen and oxygen atoms in total. The molecule has 3 aromatic heterocycles. The van der Waals surface area contributed by atoms with Gasteiger partial charge in [-0.3, -0.25) is 19.2 Å². The molecule has 0 saturated heterocycles. The van der Waals surface area contributed by atoms with Crippen LogP contribution in [0, 0.1) is 24.1 Å². The van der Waals surface area contributed by atoms with E-state index in [1.807, 2.05) is 32.9 Å². The van der Waals surface area contributed by atoms with Gasteiger partial charge in [0.2, 0.25) is 5.88 Å². The number of aliphatic carboxylic acids is 2. The van der Waals surface area contributed by atoms with E-state index in [-0.39, 0.29) is 11.4 Å². The summed E-state index contributed by atoms with van der Waals surface area (Å²) in [6.45, 7) is 5.04. The molecule has 3 heterocycles. The second-order valence-corrected chi connectivity index (χ2v) is 8.43. The SMILES string of the molecule is CC.COc1ncc(-c2ccc(=O)n(CC(=O)O)c2)cc1F.Cc1ccc(C#N)c(-c2ccc(=O)n(CC(=O)O)c2)c1. The first kappa shape index (κ1) is 32.6. The number of carboxylic acid groups (broad SMARTS) is 2. The molecule has 42 heavy (non-hydrogen) atoms. The zero-order valence-electron chi connectivity index (χ0n) is 23.4. The molecular formula is C30H29FN4O7. The summed E-state index contributed by atoms with van der Waals surface area (Å²) in [6, 6.07) is 14.3. The van der Waals surface area contributed by atoms with E-state index in [9.17, 15) is 23.6 Å². The quantitative estimate of drug-likeness (QED) is 0.331. The first-order valence-corrected chi connectivity index (χ1v) is 12.6. The minimum atomic E-state index is -1.14. The normalized spacial score (nSPS) is 9.81. The summed E-state index contributed by atoms with van der Waals surface area (Å²) in [7, 11) is 1.30. The van der Waals surface area contributed by atoms with Crippen LogP contribution < -0.4 is 15.9 Å². The van der Waals surface area contributed by atoms with Crippen LogP contribution in [-0.4, -0.2) is 43.4 Å². The van der Waals surface area contributed by atoms with Crippen molar-refractivity contribution in [2.24, 2.45) is 0 Å². The zero-order valence-corrected chi connectivity index (χ0v) is 23.4. The second kappa shape index (κ2) is 15.3. The highest BCUT2D eigenvalue weighted by Gasteiger charge is 2.10. The molecule has 1 aromatic carbocycles. The minimum Gasteiger partial charge on any atom is -0.480 e. The van der Waals surface area contributed by atoms with Crippen molar-refractivity contribution in [3.63, 3.8) is 0 Å². The number of benzene rings is 1. The van der Waals surface area contributed by atoms with Crippen molar-refractivity contribution >= 4 is 11.9 Å². The molecule has 0 amide bonds. The highest BCUT2D eigenvalue weighted by atomic mass is 19.1. The number of nitriles is 1. The van der Waals surface area contributed by atoms with E-state index in [4.69, 9.17) is 20.2 Å². The summed E-state index contributed by atoms with van der Waals surface area (Å²) in [5.74, 6) is -2.99. The maximum atomic E-state index is 13.6. The van der Waals surface area contributed by atoms with Crippen LogP contribution >= 0.6 is 0 Å². The standard InChI is InChI=1S/C15H12N2O3.C13H11FN2O4.C2H6/c1-10-2-3-11(7-16)13(6-10)12-4-5-14(18)17(8-12)9-15(19)20;1-20-13-10(14)4-9(5-15-13)8-2-3-11(17)16(6-8)7-12(18)19;1-2/h2-6,8H,9H2,1H3,(H,19,20);2-6H,7H2,1H3,(H,18,19);1-2H3. The number of aryl methyl sites for hydroxylation is 1. The topological polar surface area (TPSA) is 165 Å². The largest absolute Gasteiger partial charge is 0.480 e. The molecule has 0 spiro atoms. The monoisotopic (exact) mass is 576 g/mol. The maximum Gasteiger partial charge on any atom is 0.323 e. The number of hydrogen-bond acceptors (Lipinski definition) is 7. The summed E-state index contributed by atoms with van der Waals surface area (Å²) in [5.41, 5.74) is 2.87. The van der Waals surface area contributed by atoms with Crippen molar-refractivity contribution in [2.75, 3.05) is 7.11 Å². The van der Waals surface area contributed by atoms with Crippen molar-refractivity contribution in [1.29, 1.82) is 5.26 Å². The molecule has 2 N–H and O–H groups in total. The summed E-state index contributed by atoms with van der Waals surface area (Å²) >= 11 is 0. The van der Waals surface area contributed by atoms with E-state index in [2.05, 4.69) is 11.1 Å². The first-order valence-electron chi connectivity index (χ1n) is 12.6. The fraction of sp³-hybridized carbons (Fsp3) is 0.200. The van der Waals surface area contributed by atoms with Gasteiger partial charge in [-0.1, -0.05) is 31.5 Å². The first-order chi connectivity index (χ1) is 20.0. The number of halogens is 1. The Bertz CT molecular complexity index is 1740. The Morgan fingerprint density at radius 2 is 1.45 bits per heavy atom. The van der Waals surface area contributed by atoms with Gasteiger partial charge in [-0.25, -0.2) is 9.37 Å². The Kier molecular flexibility index (Phi) is 11.9. The van der Waals surface area contributed by atoms with E-state index >= 15 is 0 Å². The Labute approximate surface area is 240 Å². The molecule has 0 saturated carbocycles. The predicted octanol–water partition coefficient (Wildman–Crippen LogP) is 3.95. The molecular weight excluding hydrogens is 547 g/mol. The van der Waals surface area contributed by atoms with Crippen LogP contribution in [0.3, 0.4) is 0 Å². The van der Waals surface area contributed by atoms with Crippen molar-refractivity contribution in [3.8, 4) is 34.2 Å². The molecule has 0 radical (unpaired) electrons. The number of carboxylic acids is 2. The lowest BCUT2D eigenvalue weighted by Crippen LogP contribution is -2.22. The lowest BCUT2D eigenvalue weighted by molar-refractivity contribution is -0.138. The number of carbonyl (C=O) groups is 2. The van der Waals surface area contributed by atoms with Crippen molar-refractivity contribution < 1.29 is 28.9 Å². The smallest absolute Gasteiger partial charge is 0.323 e. The minimum absolute atomic E-state index is 0.132. The fourth-order valence-corrected chi connectivity index (χ4v) is 3.66. The fourth-order valence-electron chi connectivity index (χ4n) is 3.66. The van der Waals surface area contributed by atoms with E-state index in [1.165, 1.54) is 50.0 Å². The number of nitrogens with zero attached hydrogens (tertiary/aromatic N) is 4. The van der Waals surface area contributed by atoms with Gasteiger partial charge in [0.1, 0.15) is 13.1 Å². The maximum absolute atomic E-state index is 13.6. The highest BCUT2D eigenvalue weighted by Crippen LogP contribution is 2.24. The van der Waals surface area contributed by atoms with Crippen molar-refractivity contribution in [2.45, 2.75) is 33.9 Å². The lowest BCUT2D eigenvalue weighted by atomic mass is 9.99. The average molecular weight is 577 g/mol. The Morgan fingerprint density at radius 1 is 0.905 bits per heavy atom. The molecule has 0 aliphatic heterocycles. The molecule has 0 aliphatic rings. The van der Waals surface area contributed by atoms with E-state index in [1.54, 1.807) is 12.1 Å². The van der Waals surface area contributed by atoms with Crippen LogP contribution in [0.15, 0.2) is 76.7 Å². The third-order valence-corrected chi connectivity index (χ3v) is 5.52. The van der Waals surface area contributed by atoms with Crippen LogP contribution in [0.1, 0.15) is 25.0 Å². The van der Waals surface area contributed by atoms with Crippen LogP contribution in [-0.2, 0) is 22.7 Å². The second-order valence-electron chi connectivity index (χ2n) is 8.43. The molecule has 0 bridgehead atoms. The third kappa shape index (κ3) is 8.72. The Balaban J connectivity index is 0.000000277. The van der Waals surface area contributed by atoms with Crippen LogP contribution in [0.4, 0.5) is 4.39 Å². The molecule has 0 aliphatic carbocycles. The van der Waals surface area contributed by atoms with Crippen LogP contribution in [0.25, 0.3) is 22.3 Å². The van der Waals surface area contributed by atoms with Gasteiger partial charge in [-0.15, -0.1) is 0 Å². The molecule has 218 valence electrons. The van der Waals surface area contributed by atoms with Gasteiger partial charge in [0.25, 0.3) is 11.1 Å². The van der Waals surface area contributed by atoms with Gasteiger partial charge in [0, 0.05) is 41.9 Å². The predicted molar refractivity (Wildman–Crippen MR) is 153 cm³/mol. The van der Waals surface area contributed by atoms with Gasteiger partial charge >= 0.3 is 11.9 Å². The number of ether oxygens (including phenoxy) is 1.